The second-order valence-electron chi connectivity index (χ2n) is 7.36. The first-order valence-corrected chi connectivity index (χ1v) is 10.4. The van der Waals surface area contributed by atoms with Crippen LogP contribution in [0.4, 0.5) is 0 Å². The molecule has 0 aliphatic carbocycles. The molecule has 4 rings (SSSR count). The summed E-state index contributed by atoms with van der Waals surface area (Å²) in [5, 5.41) is 7.85. The Morgan fingerprint density at radius 3 is 2.89 bits per heavy atom. The van der Waals surface area contributed by atoms with Crippen LogP contribution in [0.2, 0.25) is 0 Å². The van der Waals surface area contributed by atoms with Gasteiger partial charge in [-0.05, 0) is 54.1 Å². The van der Waals surface area contributed by atoms with Gasteiger partial charge in [0.05, 0.1) is 11.1 Å². The molecule has 1 aromatic heterocycles. The van der Waals surface area contributed by atoms with E-state index in [1.54, 1.807) is 16.6 Å². The summed E-state index contributed by atoms with van der Waals surface area (Å²) in [7, 11) is 1.92. The lowest BCUT2D eigenvalue weighted by Crippen LogP contribution is -2.35. The number of aromatic nitrogens is 2. The molecule has 2 heterocycles. The van der Waals surface area contributed by atoms with Crippen molar-refractivity contribution >= 4 is 11.9 Å². The molecule has 28 heavy (non-hydrogen) atoms. The SMILES string of the molecule is Cn1cc(SNCCOc2ccc3c(c2)C(C)(Cc2ccccc2)NC3)cn1. The quantitative estimate of drug-likeness (QED) is 0.451. The normalized spacial score (nSPS) is 18.2. The number of hydrogen-bond donors (Lipinski definition) is 2. The van der Waals surface area contributed by atoms with Gasteiger partial charge < -0.3 is 10.1 Å². The Bertz CT molecular complexity index is 927. The number of benzene rings is 2. The third-order valence-corrected chi connectivity index (χ3v) is 5.88. The lowest BCUT2D eigenvalue weighted by Gasteiger charge is -2.26. The molecule has 0 amide bonds. The smallest absolute Gasteiger partial charge is 0.119 e. The van der Waals surface area contributed by atoms with Gasteiger partial charge in [-0.3, -0.25) is 9.40 Å². The predicted octanol–water partition coefficient (Wildman–Crippen LogP) is 3.66. The zero-order valence-corrected chi connectivity index (χ0v) is 17.1. The molecule has 2 aromatic carbocycles. The van der Waals surface area contributed by atoms with Crippen LogP contribution in [0, 0.1) is 0 Å². The van der Waals surface area contributed by atoms with Crippen LogP contribution in [0.5, 0.6) is 5.75 Å². The van der Waals surface area contributed by atoms with Crippen LogP contribution in [-0.4, -0.2) is 22.9 Å². The van der Waals surface area contributed by atoms with E-state index in [-0.39, 0.29) is 5.54 Å². The van der Waals surface area contributed by atoms with E-state index in [1.165, 1.54) is 16.7 Å². The number of ether oxygens (including phenoxy) is 1. The van der Waals surface area contributed by atoms with Gasteiger partial charge in [-0.25, -0.2) is 0 Å². The van der Waals surface area contributed by atoms with Gasteiger partial charge in [0, 0.05) is 31.9 Å². The van der Waals surface area contributed by atoms with Gasteiger partial charge in [0.15, 0.2) is 0 Å². The van der Waals surface area contributed by atoms with Gasteiger partial charge in [-0.2, -0.15) is 5.10 Å². The van der Waals surface area contributed by atoms with Gasteiger partial charge in [-0.15, -0.1) is 0 Å². The van der Waals surface area contributed by atoms with Crippen molar-refractivity contribution in [3.05, 3.63) is 77.6 Å². The minimum Gasteiger partial charge on any atom is -0.492 e. The predicted molar refractivity (Wildman–Crippen MR) is 113 cm³/mol. The molecule has 0 saturated heterocycles. The van der Waals surface area contributed by atoms with Gasteiger partial charge in [0.2, 0.25) is 0 Å². The molecule has 0 spiro atoms. The molecule has 0 saturated carbocycles. The summed E-state index contributed by atoms with van der Waals surface area (Å²) in [4.78, 5) is 1.10. The maximum absolute atomic E-state index is 5.99. The average Bonchev–Trinajstić information content (AvgIpc) is 3.26. The Morgan fingerprint density at radius 2 is 2.11 bits per heavy atom. The molecule has 146 valence electrons. The lowest BCUT2D eigenvalue weighted by molar-refractivity contribution is 0.322. The second-order valence-corrected chi connectivity index (χ2v) is 8.33. The van der Waals surface area contributed by atoms with E-state index in [9.17, 15) is 0 Å². The summed E-state index contributed by atoms with van der Waals surface area (Å²) in [5.74, 6) is 0.926. The highest BCUT2D eigenvalue weighted by Crippen LogP contribution is 2.36. The third kappa shape index (κ3) is 4.41. The minimum atomic E-state index is -0.0650. The van der Waals surface area contributed by atoms with Crippen LogP contribution >= 0.6 is 11.9 Å². The number of fused-ring (bicyclic) bond motifs is 1. The summed E-state index contributed by atoms with van der Waals surface area (Å²) in [5.41, 5.74) is 3.97. The van der Waals surface area contributed by atoms with Crippen molar-refractivity contribution in [2.24, 2.45) is 7.05 Å². The lowest BCUT2D eigenvalue weighted by atomic mass is 9.86. The molecule has 5 nitrogen and oxygen atoms in total. The average molecular weight is 395 g/mol. The summed E-state index contributed by atoms with van der Waals surface area (Å²) in [6.45, 7) is 4.56. The van der Waals surface area contributed by atoms with Crippen LogP contribution in [0.3, 0.4) is 0 Å². The largest absolute Gasteiger partial charge is 0.492 e. The van der Waals surface area contributed by atoms with Crippen LogP contribution in [-0.2, 0) is 25.6 Å². The number of nitrogens with one attached hydrogen (secondary N) is 2. The highest BCUT2D eigenvalue weighted by Gasteiger charge is 2.34. The highest BCUT2D eigenvalue weighted by molar-refractivity contribution is 7.97. The summed E-state index contributed by atoms with van der Waals surface area (Å²) < 4.78 is 11.1. The van der Waals surface area contributed by atoms with Crippen molar-refractivity contribution in [2.75, 3.05) is 13.2 Å². The second kappa shape index (κ2) is 8.39. The standard InChI is InChI=1S/C22H26N4OS/c1-22(13-17-6-4-3-5-7-17)21-12-19(9-8-18(21)14-23-22)27-11-10-25-28-20-15-24-26(2)16-20/h3-9,12,15-16,23,25H,10-11,13-14H2,1-2H3. The Labute approximate surface area is 170 Å². The van der Waals surface area contributed by atoms with Gasteiger partial charge in [-0.1, -0.05) is 36.4 Å². The molecule has 0 bridgehead atoms. The van der Waals surface area contributed by atoms with Crippen molar-refractivity contribution in [2.45, 2.75) is 30.3 Å². The van der Waals surface area contributed by atoms with Crippen LogP contribution in [0.25, 0.3) is 0 Å². The molecule has 6 heteroatoms. The maximum atomic E-state index is 5.99. The van der Waals surface area contributed by atoms with Gasteiger partial charge >= 0.3 is 0 Å². The van der Waals surface area contributed by atoms with Gasteiger partial charge in [0.25, 0.3) is 0 Å². The first-order valence-electron chi connectivity index (χ1n) is 9.56. The highest BCUT2D eigenvalue weighted by atomic mass is 32.2. The van der Waals surface area contributed by atoms with Crippen LogP contribution in [0.15, 0.2) is 65.8 Å². The molecule has 2 N–H and O–H groups in total. The monoisotopic (exact) mass is 394 g/mol. The fourth-order valence-electron chi connectivity index (χ4n) is 3.66. The van der Waals surface area contributed by atoms with E-state index < -0.39 is 0 Å². The van der Waals surface area contributed by atoms with E-state index in [4.69, 9.17) is 4.74 Å². The van der Waals surface area contributed by atoms with Crippen molar-refractivity contribution in [1.29, 1.82) is 0 Å². The Hall–Kier alpha value is -2.28. The van der Waals surface area contributed by atoms with E-state index in [0.29, 0.717) is 6.61 Å². The van der Waals surface area contributed by atoms with Crippen molar-refractivity contribution < 1.29 is 4.74 Å². The van der Waals surface area contributed by atoms with Gasteiger partial charge in [0.1, 0.15) is 12.4 Å². The first kappa shape index (κ1) is 19.1. The summed E-state index contributed by atoms with van der Waals surface area (Å²) in [6, 6.07) is 17.1. The van der Waals surface area contributed by atoms with E-state index in [1.807, 2.05) is 19.4 Å². The molecular formula is C22H26N4OS. The summed E-state index contributed by atoms with van der Waals surface area (Å²) in [6.07, 6.45) is 4.80. The topological polar surface area (TPSA) is 51.1 Å². The summed E-state index contributed by atoms with van der Waals surface area (Å²) >= 11 is 1.57. The Kier molecular flexibility index (Phi) is 5.71. The number of hydrogen-bond acceptors (Lipinski definition) is 5. The number of aryl methyl sites for hydroxylation is 1. The molecule has 1 aliphatic rings. The molecule has 0 radical (unpaired) electrons. The van der Waals surface area contributed by atoms with E-state index >= 15 is 0 Å². The fourth-order valence-corrected chi connectivity index (χ4v) is 4.31. The Balaban J connectivity index is 1.34. The van der Waals surface area contributed by atoms with Crippen molar-refractivity contribution in [3.8, 4) is 5.75 Å². The molecule has 0 fully saturated rings. The number of nitrogens with zero attached hydrogens (tertiary/aromatic N) is 2. The fraction of sp³-hybridized carbons (Fsp3) is 0.318. The first-order chi connectivity index (χ1) is 13.6. The van der Waals surface area contributed by atoms with Crippen molar-refractivity contribution in [3.63, 3.8) is 0 Å². The zero-order chi connectivity index (χ0) is 19.4. The van der Waals surface area contributed by atoms with E-state index in [0.717, 1.165) is 30.2 Å². The van der Waals surface area contributed by atoms with Crippen molar-refractivity contribution in [1.82, 2.24) is 19.8 Å². The van der Waals surface area contributed by atoms with E-state index in [2.05, 4.69) is 70.6 Å². The molecule has 1 atom stereocenters. The van der Waals surface area contributed by atoms with Crippen LogP contribution in [0.1, 0.15) is 23.6 Å². The van der Waals surface area contributed by atoms with Crippen LogP contribution < -0.4 is 14.8 Å². The third-order valence-electron chi connectivity index (χ3n) is 5.09. The number of rotatable bonds is 8. The Morgan fingerprint density at radius 1 is 1.25 bits per heavy atom. The molecule has 1 unspecified atom stereocenters. The molecular weight excluding hydrogens is 368 g/mol. The zero-order valence-electron chi connectivity index (χ0n) is 16.3. The minimum absolute atomic E-state index is 0.0650. The molecule has 3 aromatic rings. The maximum Gasteiger partial charge on any atom is 0.119 e. The molecule has 1 aliphatic heterocycles.